The third-order valence-corrected chi connectivity index (χ3v) is 5.28. The number of thiophene rings is 1. The Morgan fingerprint density at radius 1 is 1.48 bits per heavy atom. The quantitative estimate of drug-likeness (QED) is 0.906. The molecule has 0 spiro atoms. The minimum absolute atomic E-state index is 0.202. The summed E-state index contributed by atoms with van der Waals surface area (Å²) in [5.41, 5.74) is 2.39. The topological polar surface area (TPSA) is 57.3 Å². The van der Waals surface area contributed by atoms with E-state index in [1.54, 1.807) is 6.20 Å². The number of aromatic nitrogens is 1. The Morgan fingerprint density at radius 2 is 2.35 bits per heavy atom. The molecule has 3 heterocycles. The number of hydrogen-bond acceptors (Lipinski definition) is 4. The van der Waals surface area contributed by atoms with E-state index in [1.165, 1.54) is 10.4 Å². The summed E-state index contributed by atoms with van der Waals surface area (Å²) in [5, 5.41) is 7.91. The first kappa shape index (κ1) is 16.0. The van der Waals surface area contributed by atoms with Crippen molar-refractivity contribution in [2.24, 2.45) is 0 Å². The summed E-state index contributed by atoms with van der Waals surface area (Å²) in [7, 11) is 0. The largest absolute Gasteiger partial charge is 0.336 e. The maximum absolute atomic E-state index is 12.0. The van der Waals surface area contributed by atoms with Crippen LogP contribution < -0.4 is 10.6 Å². The lowest BCUT2D eigenvalue weighted by molar-refractivity contribution is 0.188. The molecular formula is C17H22N4OS. The van der Waals surface area contributed by atoms with E-state index >= 15 is 0 Å². The van der Waals surface area contributed by atoms with E-state index in [0.29, 0.717) is 18.4 Å². The fraction of sp³-hybridized carbons (Fsp3) is 0.412. The second kappa shape index (κ2) is 7.10. The van der Waals surface area contributed by atoms with Crippen molar-refractivity contribution in [2.75, 3.05) is 18.4 Å². The predicted molar refractivity (Wildman–Crippen MR) is 93.9 cm³/mol. The van der Waals surface area contributed by atoms with Crippen molar-refractivity contribution in [3.05, 3.63) is 45.8 Å². The van der Waals surface area contributed by atoms with Gasteiger partial charge in [0.2, 0.25) is 0 Å². The first-order valence-electron chi connectivity index (χ1n) is 7.89. The molecule has 0 aromatic carbocycles. The number of aryl methyl sites for hydroxylation is 1. The second-order valence-electron chi connectivity index (χ2n) is 5.94. The number of fused-ring (bicyclic) bond motifs is 1. The summed E-state index contributed by atoms with van der Waals surface area (Å²) in [6.07, 6.45) is 2.79. The van der Waals surface area contributed by atoms with Gasteiger partial charge in [-0.25, -0.2) is 9.78 Å². The summed E-state index contributed by atoms with van der Waals surface area (Å²) in [6.45, 7) is 6.73. The number of nitrogens with one attached hydrogen (secondary N) is 2. The van der Waals surface area contributed by atoms with Crippen molar-refractivity contribution in [3.8, 4) is 0 Å². The van der Waals surface area contributed by atoms with Gasteiger partial charge >= 0.3 is 6.03 Å². The molecule has 0 saturated carbocycles. The van der Waals surface area contributed by atoms with Crippen molar-refractivity contribution < 1.29 is 4.79 Å². The minimum Gasteiger partial charge on any atom is -0.336 e. The summed E-state index contributed by atoms with van der Waals surface area (Å²) < 4.78 is 0. The third-order valence-electron chi connectivity index (χ3n) is 4.26. The summed E-state index contributed by atoms with van der Waals surface area (Å²) in [6, 6.07) is 6.10. The van der Waals surface area contributed by atoms with Gasteiger partial charge in [0.15, 0.2) is 0 Å². The van der Waals surface area contributed by atoms with Crippen molar-refractivity contribution in [3.63, 3.8) is 0 Å². The van der Waals surface area contributed by atoms with Gasteiger partial charge in [-0.2, -0.15) is 0 Å². The van der Waals surface area contributed by atoms with Crippen LogP contribution in [0.4, 0.5) is 10.6 Å². The minimum atomic E-state index is -0.202. The molecule has 1 aliphatic rings. The van der Waals surface area contributed by atoms with E-state index < -0.39 is 0 Å². The molecule has 0 fully saturated rings. The van der Waals surface area contributed by atoms with Crippen LogP contribution in [0.25, 0.3) is 0 Å². The zero-order chi connectivity index (χ0) is 16.2. The Kier molecular flexibility index (Phi) is 4.93. The molecule has 2 aromatic rings. The molecule has 2 amide bonds. The highest BCUT2D eigenvalue weighted by Gasteiger charge is 2.21. The average Bonchev–Trinajstić information content (AvgIpc) is 3.02. The summed E-state index contributed by atoms with van der Waals surface area (Å²) in [5.74, 6) is 0.610. The maximum Gasteiger partial charge on any atom is 0.320 e. The second-order valence-corrected chi connectivity index (χ2v) is 6.94. The van der Waals surface area contributed by atoms with Crippen LogP contribution in [0.3, 0.4) is 0 Å². The van der Waals surface area contributed by atoms with Gasteiger partial charge in [-0.05, 0) is 48.9 Å². The highest BCUT2D eigenvalue weighted by molar-refractivity contribution is 7.10. The molecule has 0 saturated heterocycles. The molecule has 2 N–H and O–H groups in total. The van der Waals surface area contributed by atoms with Crippen molar-refractivity contribution in [2.45, 2.75) is 32.9 Å². The lowest BCUT2D eigenvalue weighted by Crippen LogP contribution is -2.45. The van der Waals surface area contributed by atoms with Crippen LogP contribution in [0.15, 0.2) is 29.8 Å². The lowest BCUT2D eigenvalue weighted by Gasteiger charge is -2.32. The van der Waals surface area contributed by atoms with Gasteiger partial charge in [0.05, 0.1) is 0 Å². The van der Waals surface area contributed by atoms with Crippen LogP contribution in [0.2, 0.25) is 0 Å². The number of carbonyl (C=O) groups excluding carboxylic acids is 1. The molecule has 1 aliphatic heterocycles. The number of urea groups is 1. The number of anilines is 1. The Labute approximate surface area is 140 Å². The van der Waals surface area contributed by atoms with Gasteiger partial charge in [0.1, 0.15) is 5.82 Å². The molecule has 0 radical (unpaired) electrons. The van der Waals surface area contributed by atoms with E-state index in [9.17, 15) is 4.79 Å². The van der Waals surface area contributed by atoms with E-state index in [-0.39, 0.29) is 6.03 Å². The Morgan fingerprint density at radius 3 is 3.17 bits per heavy atom. The Hall–Kier alpha value is -1.92. The first-order valence-corrected chi connectivity index (χ1v) is 8.77. The maximum atomic E-state index is 12.0. The summed E-state index contributed by atoms with van der Waals surface area (Å²) in [4.78, 5) is 20.1. The molecule has 1 atom stereocenters. The van der Waals surface area contributed by atoms with Crippen LogP contribution in [-0.4, -0.2) is 35.0 Å². The number of hydrogen-bond donors (Lipinski definition) is 2. The zero-order valence-electron chi connectivity index (χ0n) is 13.5. The third kappa shape index (κ3) is 3.89. The normalized spacial score (nSPS) is 15.7. The molecule has 0 bridgehead atoms. The number of rotatable bonds is 4. The number of nitrogens with zero attached hydrogens (tertiary/aromatic N) is 2. The molecule has 2 aromatic heterocycles. The van der Waals surface area contributed by atoms with E-state index in [1.807, 2.05) is 30.4 Å². The van der Waals surface area contributed by atoms with Crippen molar-refractivity contribution >= 4 is 23.2 Å². The lowest BCUT2D eigenvalue weighted by atomic mass is 10.1. The Bertz CT molecular complexity index is 685. The van der Waals surface area contributed by atoms with Crippen molar-refractivity contribution in [1.29, 1.82) is 0 Å². The monoisotopic (exact) mass is 330 g/mol. The summed E-state index contributed by atoms with van der Waals surface area (Å²) >= 11 is 1.85. The molecule has 5 nitrogen and oxygen atoms in total. The SMILES string of the molecule is Cc1cccnc1NC(=O)NC[C@H](C)N1CCc2sccc2C1. The van der Waals surface area contributed by atoms with Gasteiger partial charge < -0.3 is 5.32 Å². The first-order chi connectivity index (χ1) is 11.1. The van der Waals surface area contributed by atoms with Gasteiger partial charge in [0, 0.05) is 36.8 Å². The fourth-order valence-corrected chi connectivity index (χ4v) is 3.67. The molecular weight excluding hydrogens is 308 g/mol. The zero-order valence-corrected chi connectivity index (χ0v) is 14.3. The van der Waals surface area contributed by atoms with Gasteiger partial charge in [-0.15, -0.1) is 11.3 Å². The van der Waals surface area contributed by atoms with Crippen LogP contribution in [0.1, 0.15) is 22.9 Å². The van der Waals surface area contributed by atoms with Crippen LogP contribution in [-0.2, 0) is 13.0 Å². The smallest absolute Gasteiger partial charge is 0.320 e. The number of carbonyl (C=O) groups is 1. The highest BCUT2D eigenvalue weighted by Crippen LogP contribution is 2.24. The molecule has 0 unspecified atom stereocenters. The highest BCUT2D eigenvalue weighted by atomic mass is 32.1. The van der Waals surface area contributed by atoms with Crippen LogP contribution in [0, 0.1) is 6.92 Å². The van der Waals surface area contributed by atoms with Gasteiger partial charge in [-0.1, -0.05) is 6.07 Å². The molecule has 6 heteroatoms. The Balaban J connectivity index is 1.48. The molecule has 0 aliphatic carbocycles. The molecule has 3 rings (SSSR count). The van der Waals surface area contributed by atoms with E-state index in [0.717, 1.165) is 25.1 Å². The van der Waals surface area contributed by atoms with Gasteiger partial charge in [-0.3, -0.25) is 10.2 Å². The van der Waals surface area contributed by atoms with Crippen molar-refractivity contribution in [1.82, 2.24) is 15.2 Å². The predicted octanol–water partition coefficient (Wildman–Crippen LogP) is 3.02. The van der Waals surface area contributed by atoms with E-state index in [2.05, 4.69) is 38.9 Å². The number of pyridine rings is 1. The van der Waals surface area contributed by atoms with Crippen LogP contribution in [0.5, 0.6) is 0 Å². The molecule has 23 heavy (non-hydrogen) atoms. The standard InChI is InChI=1S/C17H22N4OS/c1-12-4-3-7-18-16(12)20-17(22)19-10-13(2)21-8-5-15-14(11-21)6-9-23-15/h3-4,6-7,9,13H,5,8,10-11H2,1-2H3,(H2,18,19,20,22)/t13-/m0/s1. The molecule has 122 valence electrons. The average molecular weight is 330 g/mol. The number of amides is 2. The fourth-order valence-electron chi connectivity index (χ4n) is 2.78. The van der Waals surface area contributed by atoms with Gasteiger partial charge in [0.25, 0.3) is 0 Å². The van der Waals surface area contributed by atoms with E-state index in [4.69, 9.17) is 0 Å². The van der Waals surface area contributed by atoms with Crippen LogP contribution >= 0.6 is 11.3 Å².